The summed E-state index contributed by atoms with van der Waals surface area (Å²) < 4.78 is 12.9. The second-order valence-electron chi connectivity index (χ2n) is 15.5. The summed E-state index contributed by atoms with van der Waals surface area (Å²) >= 11 is 0. The van der Waals surface area contributed by atoms with Crippen molar-refractivity contribution in [2.75, 3.05) is 50.2 Å². The molecule has 316 valence electrons. The molecule has 19 nitrogen and oxygen atoms in total. The lowest BCUT2D eigenvalue weighted by atomic mass is 9.85. The minimum Gasteiger partial charge on any atom is -0.382 e. The van der Waals surface area contributed by atoms with Gasteiger partial charge < -0.3 is 30.7 Å². The maximum Gasteiger partial charge on any atom is 0.264 e. The van der Waals surface area contributed by atoms with E-state index in [0.29, 0.717) is 105 Å². The van der Waals surface area contributed by atoms with Crippen molar-refractivity contribution < 1.29 is 38.2 Å². The summed E-state index contributed by atoms with van der Waals surface area (Å²) in [4.78, 5) is 86.5. The number of benzene rings is 1. The highest BCUT2D eigenvalue weighted by atomic mass is 16.5. The molecule has 1 unspecified atom stereocenters. The number of fused-ring (bicyclic) bond motifs is 2. The van der Waals surface area contributed by atoms with Crippen LogP contribution in [0.25, 0.3) is 16.9 Å². The van der Waals surface area contributed by atoms with Crippen molar-refractivity contribution >= 4 is 57.9 Å². The number of carbonyl (C=O) groups is 6. The normalized spacial score (nSPS) is 19.9. The number of hydrogen-bond acceptors (Lipinski definition) is 14. The molecular weight excluding hydrogens is 787 g/mol. The molecule has 6 amide bonds. The van der Waals surface area contributed by atoms with Gasteiger partial charge in [0.1, 0.15) is 12.1 Å². The molecular formula is C42H45N11O8. The maximum atomic E-state index is 13.5. The Bertz CT molecular complexity index is 2420. The van der Waals surface area contributed by atoms with Crippen molar-refractivity contribution in [3.63, 3.8) is 0 Å². The van der Waals surface area contributed by atoms with Crippen LogP contribution in [0.2, 0.25) is 0 Å². The van der Waals surface area contributed by atoms with E-state index in [1.807, 2.05) is 0 Å². The number of nitriles is 1. The molecule has 5 heterocycles. The third-order valence-electron chi connectivity index (χ3n) is 11.2. The van der Waals surface area contributed by atoms with E-state index in [1.165, 1.54) is 12.3 Å². The highest BCUT2D eigenvalue weighted by Gasteiger charge is 2.45. The van der Waals surface area contributed by atoms with E-state index >= 15 is 0 Å². The second-order valence-corrected chi connectivity index (χ2v) is 15.5. The van der Waals surface area contributed by atoms with Gasteiger partial charge in [0, 0.05) is 67.0 Å². The van der Waals surface area contributed by atoms with Crippen molar-refractivity contribution in [2.24, 2.45) is 5.92 Å². The quantitative estimate of drug-likeness (QED) is 0.0756. The molecule has 5 N–H and O–H groups in total. The number of ether oxygens (including phenoxy) is 2. The number of piperidine rings is 1. The molecule has 19 heteroatoms. The Kier molecular flexibility index (Phi) is 12.2. The lowest BCUT2D eigenvalue weighted by Crippen LogP contribution is -2.54. The van der Waals surface area contributed by atoms with Crippen molar-refractivity contribution in [3.8, 4) is 11.9 Å². The van der Waals surface area contributed by atoms with E-state index < -0.39 is 29.7 Å². The first-order valence-electron chi connectivity index (χ1n) is 20.5. The number of anilines is 2. The molecule has 1 saturated heterocycles. The zero-order valence-electron chi connectivity index (χ0n) is 33.3. The first-order valence-corrected chi connectivity index (χ1v) is 20.5. The summed E-state index contributed by atoms with van der Waals surface area (Å²) in [5.41, 5.74) is 2.92. The van der Waals surface area contributed by atoms with Crippen LogP contribution in [0.5, 0.6) is 0 Å². The molecule has 0 bridgehead atoms. The summed E-state index contributed by atoms with van der Waals surface area (Å²) in [5.74, 6) is -2.17. The number of nitrogens with one attached hydrogen (secondary N) is 5. The van der Waals surface area contributed by atoms with E-state index in [-0.39, 0.29) is 53.8 Å². The Morgan fingerprint density at radius 2 is 1.62 bits per heavy atom. The Hall–Kier alpha value is -6.78. The van der Waals surface area contributed by atoms with Crippen LogP contribution in [0, 0.1) is 17.2 Å². The van der Waals surface area contributed by atoms with Gasteiger partial charge in [-0.05, 0) is 63.1 Å². The predicted molar refractivity (Wildman–Crippen MR) is 217 cm³/mol. The van der Waals surface area contributed by atoms with Crippen LogP contribution < -0.4 is 26.6 Å². The summed E-state index contributed by atoms with van der Waals surface area (Å²) in [7, 11) is 0. The van der Waals surface area contributed by atoms with Crippen LogP contribution in [0.1, 0.15) is 88.0 Å². The molecule has 61 heavy (non-hydrogen) atoms. The van der Waals surface area contributed by atoms with Gasteiger partial charge in [0.25, 0.3) is 17.7 Å². The highest BCUT2D eigenvalue weighted by molar-refractivity contribution is 6.25. The Labute approximate surface area is 349 Å². The zero-order valence-corrected chi connectivity index (χ0v) is 33.3. The third-order valence-corrected chi connectivity index (χ3v) is 11.2. The molecule has 2 aliphatic heterocycles. The van der Waals surface area contributed by atoms with E-state index in [2.05, 4.69) is 47.7 Å². The van der Waals surface area contributed by atoms with E-state index in [1.54, 1.807) is 41.3 Å². The van der Waals surface area contributed by atoms with Gasteiger partial charge in [0.15, 0.2) is 11.5 Å². The van der Waals surface area contributed by atoms with Gasteiger partial charge in [-0.25, -0.2) is 9.97 Å². The number of amides is 6. The number of aromatic nitrogens is 4. The molecule has 4 aliphatic rings. The number of carbonyl (C=O) groups excluding carboxylic acids is 6. The monoisotopic (exact) mass is 831 g/mol. The molecule has 1 aromatic carbocycles. The molecule has 3 fully saturated rings. The fourth-order valence-corrected chi connectivity index (χ4v) is 7.85. The van der Waals surface area contributed by atoms with Gasteiger partial charge in [0.2, 0.25) is 17.7 Å². The molecule has 4 aromatic rings. The SMILES string of the molecule is N#Cc1cnc2c(cnn2-c2cc(NC3CC3)c(C(=O)NC3CCC(C(=O)NCCOCCOCCNc4cccc5c4C(=O)N(C4CCC(=O)NC4=O)C5=O)CC3)cn2)c1. The first-order chi connectivity index (χ1) is 29.7. The summed E-state index contributed by atoms with van der Waals surface area (Å²) in [6.07, 6.45) is 9.45. The Balaban J connectivity index is 0.712. The smallest absolute Gasteiger partial charge is 0.264 e. The van der Waals surface area contributed by atoms with Crippen LogP contribution in [0.3, 0.4) is 0 Å². The number of rotatable bonds is 17. The van der Waals surface area contributed by atoms with Gasteiger partial charge in [0.05, 0.1) is 60.6 Å². The van der Waals surface area contributed by atoms with Crippen molar-refractivity contribution in [2.45, 2.75) is 69.5 Å². The third kappa shape index (κ3) is 9.20. The summed E-state index contributed by atoms with van der Waals surface area (Å²) in [6.45, 7) is 1.92. The minimum atomic E-state index is -1.03. The molecule has 3 aromatic heterocycles. The number of imide groups is 2. The average molecular weight is 832 g/mol. The number of nitrogens with zero attached hydrogens (tertiary/aromatic N) is 6. The highest BCUT2D eigenvalue weighted by Crippen LogP contribution is 2.33. The van der Waals surface area contributed by atoms with Gasteiger partial charge >= 0.3 is 0 Å². The number of hydrogen-bond donors (Lipinski definition) is 5. The number of pyridine rings is 2. The molecule has 1 atom stereocenters. The average Bonchev–Trinajstić information content (AvgIpc) is 3.92. The standard InChI is InChI=1S/C42H45N11O8/c43-20-24-18-26-22-48-53(37(26)47-21-24)34-19-32(49-27-8-9-27)30(23-46-34)39(56)50-28-6-4-25(5-7-28)38(55)45-13-15-61-17-16-60-14-12-44-31-3-1-2-29-36(31)42(59)52(41(29)58)33-10-11-35(54)51-40(33)57/h1-3,18-19,21-23,25,27-28,33,44H,4-17H2,(H,45,55)(H,46,49)(H,50,56)(H,51,54,57). The Morgan fingerprint density at radius 3 is 2.38 bits per heavy atom. The van der Waals surface area contributed by atoms with Crippen molar-refractivity contribution in [1.29, 1.82) is 5.26 Å². The molecule has 0 radical (unpaired) electrons. The van der Waals surface area contributed by atoms with Crippen molar-refractivity contribution in [1.82, 2.24) is 40.6 Å². The lowest BCUT2D eigenvalue weighted by Gasteiger charge is -2.28. The topological polar surface area (TPSA) is 252 Å². The fourth-order valence-electron chi connectivity index (χ4n) is 7.85. The largest absolute Gasteiger partial charge is 0.382 e. The van der Waals surface area contributed by atoms with Crippen LogP contribution in [0.4, 0.5) is 11.4 Å². The minimum absolute atomic E-state index is 0.0382. The molecule has 8 rings (SSSR count). The van der Waals surface area contributed by atoms with Gasteiger partial charge in [-0.1, -0.05) is 6.07 Å². The van der Waals surface area contributed by atoms with E-state index in [4.69, 9.17) is 9.47 Å². The van der Waals surface area contributed by atoms with Crippen LogP contribution in [0.15, 0.2) is 48.9 Å². The van der Waals surface area contributed by atoms with Crippen LogP contribution >= 0.6 is 0 Å². The molecule has 2 saturated carbocycles. The second kappa shape index (κ2) is 18.2. The maximum absolute atomic E-state index is 13.5. The first kappa shape index (κ1) is 41.0. The van der Waals surface area contributed by atoms with E-state index in [0.717, 1.165) is 17.7 Å². The van der Waals surface area contributed by atoms with E-state index in [9.17, 15) is 34.0 Å². The zero-order chi connectivity index (χ0) is 42.5. The Morgan fingerprint density at radius 1 is 0.852 bits per heavy atom. The van der Waals surface area contributed by atoms with Gasteiger partial charge in [-0.2, -0.15) is 15.0 Å². The van der Waals surface area contributed by atoms with Crippen LogP contribution in [-0.4, -0.2) is 118 Å². The fraction of sp³-hybridized carbons (Fsp3) is 0.429. The van der Waals surface area contributed by atoms with Crippen molar-refractivity contribution in [3.05, 3.63) is 71.2 Å². The molecule has 2 aliphatic carbocycles. The van der Waals surface area contributed by atoms with Gasteiger partial charge in [-0.15, -0.1) is 0 Å². The summed E-state index contributed by atoms with van der Waals surface area (Å²) in [6, 6.07) is 9.64. The summed E-state index contributed by atoms with van der Waals surface area (Å²) in [5, 5.41) is 29.2. The molecule has 0 spiro atoms. The lowest BCUT2D eigenvalue weighted by molar-refractivity contribution is -0.136. The predicted octanol–water partition coefficient (Wildman–Crippen LogP) is 2.21. The van der Waals surface area contributed by atoms with Crippen LogP contribution in [-0.2, 0) is 23.9 Å². The van der Waals surface area contributed by atoms with Gasteiger partial charge in [-0.3, -0.25) is 39.0 Å².